The van der Waals surface area contributed by atoms with Crippen LogP contribution in [-0.2, 0) is 29.2 Å². The number of tetrazole rings is 1. The molecule has 0 amide bonds. The lowest BCUT2D eigenvalue weighted by atomic mass is 9.98. The first kappa shape index (κ1) is 24.5. The minimum Gasteiger partial charge on any atom is -0.214 e. The molecule has 0 fully saturated rings. The Kier molecular flexibility index (Phi) is 6.68. The number of sulfonamides is 1. The summed E-state index contributed by atoms with van der Waals surface area (Å²) in [6.45, 7) is -0.0167. The maximum atomic E-state index is 14.0. The molecule has 4 rings (SSSR count). The summed E-state index contributed by atoms with van der Waals surface area (Å²) < 4.78 is 80.4. The average molecular weight is 505 g/mol. The Labute approximate surface area is 198 Å². The van der Waals surface area contributed by atoms with E-state index in [4.69, 9.17) is 0 Å². The highest BCUT2D eigenvalue weighted by Gasteiger charge is 2.30. The molecule has 0 atom stereocenters. The molecule has 0 spiro atoms. The minimum absolute atomic E-state index is 0.0167. The fourth-order valence-electron chi connectivity index (χ4n) is 3.48. The smallest absolute Gasteiger partial charge is 0.214 e. The van der Waals surface area contributed by atoms with Crippen molar-refractivity contribution >= 4 is 10.0 Å². The van der Waals surface area contributed by atoms with Gasteiger partial charge in [0.2, 0.25) is 15.8 Å². The molecule has 35 heavy (non-hydrogen) atoms. The van der Waals surface area contributed by atoms with Crippen LogP contribution in [0.15, 0.2) is 71.6 Å². The van der Waals surface area contributed by atoms with Crippen molar-refractivity contribution < 1.29 is 26.0 Å². The van der Waals surface area contributed by atoms with E-state index in [2.05, 4.69) is 20.1 Å². The fraction of sp³-hybridized carbons (Fsp3) is 0.174. The van der Waals surface area contributed by atoms with Crippen LogP contribution in [0.2, 0.25) is 0 Å². The molecule has 1 heterocycles. The third kappa shape index (κ3) is 5.54. The third-order valence-corrected chi connectivity index (χ3v) is 6.68. The quantitative estimate of drug-likeness (QED) is 0.383. The van der Waals surface area contributed by atoms with E-state index in [0.29, 0.717) is 16.7 Å². The van der Waals surface area contributed by atoms with Gasteiger partial charge in [-0.2, -0.15) is 18.0 Å². The van der Waals surface area contributed by atoms with Crippen LogP contribution in [0.1, 0.15) is 22.3 Å². The Hall–Kier alpha value is -3.64. The summed E-state index contributed by atoms with van der Waals surface area (Å²) in [6, 6.07) is 15.1. The summed E-state index contributed by atoms with van der Waals surface area (Å²) in [5.41, 5.74) is 0.666. The second kappa shape index (κ2) is 9.55. The Morgan fingerprint density at radius 1 is 0.971 bits per heavy atom. The van der Waals surface area contributed by atoms with Crippen LogP contribution in [0.5, 0.6) is 0 Å². The molecule has 1 N–H and O–H groups in total. The van der Waals surface area contributed by atoms with Crippen molar-refractivity contribution in [3.8, 4) is 11.4 Å². The van der Waals surface area contributed by atoms with Gasteiger partial charge in [-0.15, -0.1) is 10.2 Å². The topological polar surface area (TPSA) is 89.8 Å². The molecule has 1 aromatic heterocycles. The number of alkyl halides is 3. The van der Waals surface area contributed by atoms with Gasteiger partial charge in [0.1, 0.15) is 5.82 Å². The van der Waals surface area contributed by atoms with Crippen LogP contribution in [-0.4, -0.2) is 35.7 Å². The van der Waals surface area contributed by atoms with Crippen LogP contribution in [0.25, 0.3) is 11.4 Å². The van der Waals surface area contributed by atoms with Gasteiger partial charge in [-0.05, 0) is 54.1 Å². The summed E-state index contributed by atoms with van der Waals surface area (Å²) in [7, 11) is -2.56. The zero-order chi connectivity index (χ0) is 25.2. The van der Waals surface area contributed by atoms with Crippen molar-refractivity contribution in [1.29, 1.82) is 0 Å². The summed E-state index contributed by atoms with van der Waals surface area (Å²) >= 11 is 0. The van der Waals surface area contributed by atoms with Gasteiger partial charge < -0.3 is 0 Å². The SMILES string of the molecule is CNS(=O)(=O)c1ccc(Cc2cccc(C(F)(F)F)c2)c(-c2nnn(Cc3ccccc3F)n2)c1. The van der Waals surface area contributed by atoms with Crippen molar-refractivity contribution in [2.45, 2.75) is 24.0 Å². The molecule has 0 aliphatic rings. The molecule has 3 aromatic carbocycles. The molecule has 0 saturated heterocycles. The van der Waals surface area contributed by atoms with Crippen LogP contribution in [0.3, 0.4) is 0 Å². The number of nitrogens with one attached hydrogen (secondary N) is 1. The van der Waals surface area contributed by atoms with E-state index in [1.54, 1.807) is 24.3 Å². The summed E-state index contributed by atoms with van der Waals surface area (Å²) in [6.07, 6.45) is -4.44. The van der Waals surface area contributed by atoms with Crippen LogP contribution < -0.4 is 4.72 Å². The maximum Gasteiger partial charge on any atom is 0.416 e. The van der Waals surface area contributed by atoms with E-state index in [9.17, 15) is 26.0 Å². The van der Waals surface area contributed by atoms with Gasteiger partial charge >= 0.3 is 6.18 Å². The number of hydrogen-bond acceptors (Lipinski definition) is 5. The van der Waals surface area contributed by atoms with E-state index >= 15 is 0 Å². The Morgan fingerprint density at radius 3 is 2.46 bits per heavy atom. The second-order valence-corrected chi connectivity index (χ2v) is 9.52. The van der Waals surface area contributed by atoms with Gasteiger partial charge in [0.15, 0.2) is 0 Å². The van der Waals surface area contributed by atoms with Crippen molar-refractivity contribution in [1.82, 2.24) is 24.9 Å². The van der Waals surface area contributed by atoms with Crippen molar-refractivity contribution in [2.75, 3.05) is 7.05 Å². The second-order valence-electron chi connectivity index (χ2n) is 7.64. The highest BCUT2D eigenvalue weighted by atomic mass is 32.2. The molecule has 182 valence electrons. The van der Waals surface area contributed by atoms with Crippen molar-refractivity contribution in [2.24, 2.45) is 0 Å². The van der Waals surface area contributed by atoms with Crippen LogP contribution in [0.4, 0.5) is 17.6 Å². The lowest BCUT2D eigenvalue weighted by Crippen LogP contribution is -2.18. The maximum absolute atomic E-state index is 14.0. The minimum atomic E-state index is -4.50. The van der Waals surface area contributed by atoms with E-state index in [1.165, 1.54) is 37.4 Å². The van der Waals surface area contributed by atoms with Crippen molar-refractivity contribution in [3.05, 3.63) is 94.8 Å². The first-order valence-corrected chi connectivity index (χ1v) is 11.8. The molecule has 0 unspecified atom stereocenters. The van der Waals surface area contributed by atoms with Gasteiger partial charge in [-0.25, -0.2) is 17.5 Å². The normalized spacial score (nSPS) is 12.1. The van der Waals surface area contributed by atoms with Crippen molar-refractivity contribution in [3.63, 3.8) is 0 Å². The zero-order valence-electron chi connectivity index (χ0n) is 18.3. The molecule has 0 saturated carbocycles. The molecule has 4 aromatic rings. The molecular formula is C23H19F4N5O2S. The lowest BCUT2D eigenvalue weighted by Gasteiger charge is -2.12. The average Bonchev–Trinajstić information content (AvgIpc) is 3.29. The summed E-state index contributed by atoms with van der Waals surface area (Å²) in [4.78, 5) is 1.08. The first-order chi connectivity index (χ1) is 16.6. The fourth-order valence-corrected chi connectivity index (χ4v) is 4.23. The van der Waals surface area contributed by atoms with E-state index in [-0.39, 0.29) is 29.2 Å². The van der Waals surface area contributed by atoms with E-state index in [1.807, 2.05) is 0 Å². The Balaban J connectivity index is 1.74. The molecule has 12 heteroatoms. The molecule has 0 radical (unpaired) electrons. The standard InChI is InChI=1S/C23H19F4N5O2S/c1-28-35(33,34)19-10-9-16(11-15-5-4-7-18(12-15)23(25,26)27)20(13-19)22-29-31-32(30-22)14-17-6-2-3-8-21(17)24/h2-10,12-13,28H,11,14H2,1H3. The molecule has 0 bridgehead atoms. The van der Waals surface area contributed by atoms with Gasteiger partial charge in [0.05, 0.1) is 17.0 Å². The van der Waals surface area contributed by atoms with Gasteiger partial charge in [0.25, 0.3) is 0 Å². The molecular weight excluding hydrogens is 486 g/mol. The lowest BCUT2D eigenvalue weighted by molar-refractivity contribution is -0.137. The number of rotatable bonds is 7. The largest absolute Gasteiger partial charge is 0.416 e. The number of halogens is 4. The molecule has 7 nitrogen and oxygen atoms in total. The van der Waals surface area contributed by atoms with Gasteiger partial charge in [-0.1, -0.05) is 42.5 Å². The Bertz CT molecular complexity index is 1470. The molecule has 0 aliphatic carbocycles. The molecule has 0 aliphatic heterocycles. The zero-order valence-corrected chi connectivity index (χ0v) is 19.1. The number of aromatic nitrogens is 4. The predicted octanol–water partition coefficient (Wildman–Crippen LogP) is 4.05. The van der Waals surface area contributed by atoms with Crippen LogP contribution in [0, 0.1) is 5.82 Å². The first-order valence-electron chi connectivity index (χ1n) is 10.3. The monoisotopic (exact) mass is 505 g/mol. The number of hydrogen-bond donors (Lipinski definition) is 1. The highest BCUT2D eigenvalue weighted by Crippen LogP contribution is 2.31. The van der Waals surface area contributed by atoms with Crippen LogP contribution >= 0.6 is 0 Å². The predicted molar refractivity (Wildman–Crippen MR) is 119 cm³/mol. The van der Waals surface area contributed by atoms with E-state index in [0.717, 1.165) is 16.9 Å². The van der Waals surface area contributed by atoms with Gasteiger partial charge in [-0.3, -0.25) is 0 Å². The van der Waals surface area contributed by atoms with Gasteiger partial charge in [0, 0.05) is 11.1 Å². The highest BCUT2D eigenvalue weighted by molar-refractivity contribution is 7.89. The summed E-state index contributed by atoms with van der Waals surface area (Å²) in [5, 5.41) is 12.2. The number of nitrogens with zero attached hydrogens (tertiary/aromatic N) is 4. The number of benzene rings is 3. The third-order valence-electron chi connectivity index (χ3n) is 5.27. The van der Waals surface area contributed by atoms with E-state index < -0.39 is 27.6 Å². The summed E-state index contributed by atoms with van der Waals surface area (Å²) in [5.74, 6) is -0.393. The Morgan fingerprint density at radius 2 is 1.74 bits per heavy atom.